The summed E-state index contributed by atoms with van der Waals surface area (Å²) in [6.07, 6.45) is 65.6. The van der Waals surface area contributed by atoms with E-state index in [1.165, 1.54) is 186 Å². The van der Waals surface area contributed by atoms with Crippen molar-refractivity contribution in [2.45, 2.75) is 316 Å². The van der Waals surface area contributed by atoms with E-state index >= 15 is 0 Å². The second-order valence-corrected chi connectivity index (χ2v) is 19.5. The molecule has 0 bridgehead atoms. The number of carbonyl (C=O) groups excluding carboxylic acids is 3. The van der Waals surface area contributed by atoms with Crippen molar-refractivity contribution in [2.75, 3.05) is 13.2 Å². The SMILES string of the molecule is CC/C=C\C/C=C\C/C=C\CCCCCCCCC(=O)OC(COC(=O)CCCCCCCCCCCCCCC)COC(=O)CCCCCCCCCCCCCCCCCCCCC. The lowest BCUT2D eigenvalue weighted by molar-refractivity contribution is -0.167. The number of ether oxygens (including phenoxy) is 3. The normalized spacial score (nSPS) is 12.2. The van der Waals surface area contributed by atoms with E-state index in [9.17, 15) is 14.4 Å². The fourth-order valence-corrected chi connectivity index (χ4v) is 8.58. The van der Waals surface area contributed by atoms with E-state index in [-0.39, 0.29) is 31.1 Å². The van der Waals surface area contributed by atoms with Crippen LogP contribution >= 0.6 is 0 Å². The van der Waals surface area contributed by atoms with E-state index < -0.39 is 6.10 Å². The van der Waals surface area contributed by atoms with Gasteiger partial charge in [-0.15, -0.1) is 0 Å². The van der Waals surface area contributed by atoms with Gasteiger partial charge in [0.25, 0.3) is 0 Å². The number of unbranched alkanes of at least 4 members (excludes halogenated alkanes) is 36. The van der Waals surface area contributed by atoms with Crippen LogP contribution in [0.3, 0.4) is 0 Å². The van der Waals surface area contributed by atoms with Gasteiger partial charge in [0.1, 0.15) is 13.2 Å². The van der Waals surface area contributed by atoms with E-state index in [1.807, 2.05) is 0 Å². The molecule has 0 aliphatic rings. The van der Waals surface area contributed by atoms with Gasteiger partial charge in [0, 0.05) is 19.3 Å². The Balaban J connectivity index is 4.32. The number of allylic oxidation sites excluding steroid dienone is 6. The van der Waals surface area contributed by atoms with E-state index in [2.05, 4.69) is 57.2 Å². The number of rotatable bonds is 53. The Kier molecular flexibility index (Phi) is 53.2. The fraction of sp³-hybridized carbons (Fsp3) is 0.850. The minimum Gasteiger partial charge on any atom is -0.462 e. The summed E-state index contributed by atoms with van der Waals surface area (Å²) >= 11 is 0. The maximum Gasteiger partial charge on any atom is 0.306 e. The van der Waals surface area contributed by atoms with Crippen molar-refractivity contribution in [1.29, 1.82) is 0 Å². The Morgan fingerprint density at radius 1 is 0.318 bits per heavy atom. The Labute approximate surface area is 410 Å². The molecule has 386 valence electrons. The summed E-state index contributed by atoms with van der Waals surface area (Å²) in [7, 11) is 0. The molecule has 0 heterocycles. The van der Waals surface area contributed by atoms with Crippen molar-refractivity contribution in [3.05, 3.63) is 36.5 Å². The molecule has 0 radical (unpaired) electrons. The summed E-state index contributed by atoms with van der Waals surface area (Å²) < 4.78 is 16.9. The minimum absolute atomic E-state index is 0.0727. The Morgan fingerprint density at radius 3 is 0.924 bits per heavy atom. The van der Waals surface area contributed by atoms with Gasteiger partial charge in [-0.1, -0.05) is 276 Å². The molecule has 1 unspecified atom stereocenters. The van der Waals surface area contributed by atoms with E-state index in [0.717, 1.165) is 83.5 Å². The summed E-state index contributed by atoms with van der Waals surface area (Å²) in [5.74, 6) is -0.866. The van der Waals surface area contributed by atoms with E-state index in [1.54, 1.807) is 0 Å². The summed E-state index contributed by atoms with van der Waals surface area (Å²) in [6, 6.07) is 0. The highest BCUT2D eigenvalue weighted by atomic mass is 16.6. The van der Waals surface area contributed by atoms with Crippen LogP contribution < -0.4 is 0 Å². The molecule has 0 N–H and O–H groups in total. The molecular formula is C60H110O6. The van der Waals surface area contributed by atoms with Crippen LogP contribution in [0.15, 0.2) is 36.5 Å². The topological polar surface area (TPSA) is 78.9 Å². The molecule has 0 spiro atoms. The van der Waals surface area contributed by atoms with Crippen LogP contribution in [0.1, 0.15) is 310 Å². The summed E-state index contributed by atoms with van der Waals surface area (Å²) in [6.45, 7) is 6.56. The highest BCUT2D eigenvalue weighted by Gasteiger charge is 2.19. The van der Waals surface area contributed by atoms with Gasteiger partial charge in [0.15, 0.2) is 6.10 Å². The van der Waals surface area contributed by atoms with Crippen LogP contribution in [-0.2, 0) is 28.6 Å². The lowest BCUT2D eigenvalue weighted by atomic mass is 10.0. The predicted molar refractivity (Wildman–Crippen MR) is 284 cm³/mol. The third-order valence-corrected chi connectivity index (χ3v) is 12.9. The number of esters is 3. The molecule has 1 atom stereocenters. The monoisotopic (exact) mass is 927 g/mol. The van der Waals surface area contributed by atoms with Crippen LogP contribution in [0.25, 0.3) is 0 Å². The Bertz CT molecular complexity index is 1110. The lowest BCUT2D eigenvalue weighted by Crippen LogP contribution is -2.30. The van der Waals surface area contributed by atoms with E-state index in [0.29, 0.717) is 19.3 Å². The third kappa shape index (κ3) is 52.6. The smallest absolute Gasteiger partial charge is 0.306 e. The number of hydrogen-bond acceptors (Lipinski definition) is 6. The van der Waals surface area contributed by atoms with Crippen LogP contribution in [0.5, 0.6) is 0 Å². The molecule has 0 aromatic carbocycles. The summed E-state index contributed by atoms with van der Waals surface area (Å²) in [5.41, 5.74) is 0. The van der Waals surface area contributed by atoms with Gasteiger partial charge in [-0.05, 0) is 51.4 Å². The molecule has 0 aromatic rings. The van der Waals surface area contributed by atoms with Gasteiger partial charge in [0.05, 0.1) is 0 Å². The van der Waals surface area contributed by atoms with Crippen LogP contribution in [0.4, 0.5) is 0 Å². The molecule has 0 rings (SSSR count). The quantitative estimate of drug-likeness (QED) is 0.0262. The standard InChI is InChI=1S/C60H110O6/c1-4-7-10-13-16-19-22-25-27-29-30-31-33-35-38-41-44-47-50-53-59(62)65-56-57(55-64-58(61)52-49-46-43-40-37-34-24-21-18-15-12-9-6-3)66-60(63)54-51-48-45-42-39-36-32-28-26-23-20-17-14-11-8-5-2/h8,11,17,20,26,28,57H,4-7,9-10,12-16,18-19,21-25,27,29-56H2,1-3H3/b11-8-,20-17-,28-26-. The summed E-state index contributed by atoms with van der Waals surface area (Å²) in [5, 5.41) is 0. The highest BCUT2D eigenvalue weighted by molar-refractivity contribution is 5.71. The van der Waals surface area contributed by atoms with Gasteiger partial charge in [-0.25, -0.2) is 0 Å². The zero-order chi connectivity index (χ0) is 47.9. The average molecular weight is 928 g/mol. The van der Waals surface area contributed by atoms with Gasteiger partial charge in [0.2, 0.25) is 0 Å². The number of hydrogen-bond donors (Lipinski definition) is 0. The van der Waals surface area contributed by atoms with Gasteiger partial charge in [-0.2, -0.15) is 0 Å². The maximum absolute atomic E-state index is 12.8. The molecule has 0 saturated heterocycles. The molecular weight excluding hydrogens is 817 g/mol. The van der Waals surface area contributed by atoms with Crippen LogP contribution in [0.2, 0.25) is 0 Å². The molecule has 0 fully saturated rings. The first-order chi connectivity index (χ1) is 32.5. The molecule has 6 heteroatoms. The molecule has 6 nitrogen and oxygen atoms in total. The first kappa shape index (κ1) is 63.6. The molecule has 0 aromatic heterocycles. The zero-order valence-corrected chi connectivity index (χ0v) is 44.2. The first-order valence-corrected chi connectivity index (χ1v) is 29.0. The minimum atomic E-state index is -0.774. The van der Waals surface area contributed by atoms with Crippen molar-refractivity contribution in [2.24, 2.45) is 0 Å². The van der Waals surface area contributed by atoms with Crippen molar-refractivity contribution in [3.8, 4) is 0 Å². The Morgan fingerprint density at radius 2 is 0.591 bits per heavy atom. The first-order valence-electron chi connectivity index (χ1n) is 29.0. The molecule has 0 aliphatic heterocycles. The second kappa shape index (κ2) is 55.2. The van der Waals surface area contributed by atoms with E-state index in [4.69, 9.17) is 14.2 Å². The Hall–Kier alpha value is -2.37. The molecule has 0 amide bonds. The largest absolute Gasteiger partial charge is 0.462 e. The highest BCUT2D eigenvalue weighted by Crippen LogP contribution is 2.17. The predicted octanol–water partition coefficient (Wildman–Crippen LogP) is 19.3. The second-order valence-electron chi connectivity index (χ2n) is 19.5. The molecule has 0 aliphatic carbocycles. The zero-order valence-electron chi connectivity index (χ0n) is 44.2. The summed E-state index contributed by atoms with van der Waals surface area (Å²) in [4.78, 5) is 38.1. The van der Waals surface area contributed by atoms with Gasteiger partial charge < -0.3 is 14.2 Å². The third-order valence-electron chi connectivity index (χ3n) is 12.9. The van der Waals surface area contributed by atoms with Crippen molar-refractivity contribution >= 4 is 17.9 Å². The van der Waals surface area contributed by atoms with Crippen LogP contribution in [-0.4, -0.2) is 37.2 Å². The average Bonchev–Trinajstić information content (AvgIpc) is 3.31. The molecule has 66 heavy (non-hydrogen) atoms. The lowest BCUT2D eigenvalue weighted by Gasteiger charge is -2.18. The van der Waals surface area contributed by atoms with Crippen molar-refractivity contribution < 1.29 is 28.6 Å². The van der Waals surface area contributed by atoms with Gasteiger partial charge in [-0.3, -0.25) is 14.4 Å². The van der Waals surface area contributed by atoms with Crippen molar-refractivity contribution in [3.63, 3.8) is 0 Å². The van der Waals surface area contributed by atoms with Crippen LogP contribution in [0, 0.1) is 0 Å². The number of carbonyl (C=O) groups is 3. The fourth-order valence-electron chi connectivity index (χ4n) is 8.58. The van der Waals surface area contributed by atoms with Gasteiger partial charge >= 0.3 is 17.9 Å². The molecule has 0 saturated carbocycles. The maximum atomic E-state index is 12.8. The van der Waals surface area contributed by atoms with Crippen molar-refractivity contribution in [1.82, 2.24) is 0 Å².